The van der Waals surface area contributed by atoms with E-state index in [0.29, 0.717) is 6.54 Å². The number of hydrogen-bond acceptors (Lipinski definition) is 2. The minimum Gasteiger partial charge on any atom is -0.398 e. The van der Waals surface area contributed by atoms with Crippen molar-refractivity contribution < 1.29 is 0 Å². The number of nitrogens with two attached hydrogens (primary N) is 2. The highest BCUT2D eigenvalue weighted by Crippen LogP contribution is 2.29. The third-order valence-corrected chi connectivity index (χ3v) is 3.10. The molecule has 78 valence electrons. The van der Waals surface area contributed by atoms with E-state index in [4.69, 9.17) is 11.5 Å². The maximum Gasteiger partial charge on any atom is 0.0396 e. The molecule has 0 heterocycles. The van der Waals surface area contributed by atoms with Crippen LogP contribution in [-0.2, 0) is 6.54 Å². The third kappa shape index (κ3) is 1.47. The van der Waals surface area contributed by atoms with Gasteiger partial charge in [0, 0.05) is 17.6 Å². The molecule has 0 aromatic heterocycles. The Balaban J connectivity index is 2.91. The van der Waals surface area contributed by atoms with Crippen molar-refractivity contribution in [2.24, 2.45) is 5.73 Å². The molecule has 2 aromatic rings. The van der Waals surface area contributed by atoms with Crippen molar-refractivity contribution in [2.75, 3.05) is 5.73 Å². The maximum atomic E-state index is 5.99. The van der Waals surface area contributed by atoms with Crippen LogP contribution in [0, 0.1) is 13.8 Å². The van der Waals surface area contributed by atoms with E-state index in [1.807, 2.05) is 12.1 Å². The molecule has 2 heteroatoms. The molecule has 0 aliphatic rings. The molecular weight excluding hydrogens is 184 g/mol. The highest BCUT2D eigenvalue weighted by molar-refractivity contribution is 5.96. The van der Waals surface area contributed by atoms with Crippen LogP contribution < -0.4 is 11.5 Å². The van der Waals surface area contributed by atoms with Crippen molar-refractivity contribution in [2.45, 2.75) is 20.4 Å². The SMILES string of the molecule is Cc1c(CN)cc2cccc(N)c2c1C. The average Bonchev–Trinajstić information content (AvgIpc) is 2.23. The minimum absolute atomic E-state index is 0.581. The molecule has 0 unspecified atom stereocenters. The van der Waals surface area contributed by atoms with Crippen LogP contribution in [0.5, 0.6) is 0 Å². The highest BCUT2D eigenvalue weighted by Gasteiger charge is 2.07. The first-order chi connectivity index (χ1) is 7.15. The van der Waals surface area contributed by atoms with Gasteiger partial charge in [-0.2, -0.15) is 0 Å². The molecule has 0 spiro atoms. The zero-order chi connectivity index (χ0) is 11.0. The lowest BCUT2D eigenvalue weighted by Crippen LogP contribution is -2.02. The molecule has 0 radical (unpaired) electrons. The van der Waals surface area contributed by atoms with Crippen molar-refractivity contribution in [3.05, 3.63) is 41.0 Å². The van der Waals surface area contributed by atoms with Gasteiger partial charge in [-0.1, -0.05) is 12.1 Å². The standard InChI is InChI=1S/C13H16N2/c1-8-9(2)13-10(6-11(8)7-14)4-3-5-12(13)15/h3-6H,7,14-15H2,1-2H3. The Hall–Kier alpha value is -1.54. The summed E-state index contributed by atoms with van der Waals surface area (Å²) in [6, 6.07) is 8.13. The summed E-state index contributed by atoms with van der Waals surface area (Å²) in [6.45, 7) is 4.79. The molecule has 15 heavy (non-hydrogen) atoms. The summed E-state index contributed by atoms with van der Waals surface area (Å²) in [5, 5.41) is 2.34. The Morgan fingerprint density at radius 2 is 1.87 bits per heavy atom. The highest BCUT2D eigenvalue weighted by atomic mass is 14.6. The summed E-state index contributed by atoms with van der Waals surface area (Å²) in [5.74, 6) is 0. The second-order valence-electron chi connectivity index (χ2n) is 3.94. The molecule has 0 atom stereocenters. The zero-order valence-corrected chi connectivity index (χ0v) is 9.17. The lowest BCUT2D eigenvalue weighted by Gasteiger charge is -2.12. The smallest absolute Gasteiger partial charge is 0.0396 e. The number of hydrogen-bond donors (Lipinski definition) is 2. The van der Waals surface area contributed by atoms with E-state index in [0.717, 1.165) is 11.1 Å². The van der Waals surface area contributed by atoms with E-state index in [1.165, 1.54) is 22.1 Å². The molecule has 0 aliphatic heterocycles. The lowest BCUT2D eigenvalue weighted by atomic mass is 9.95. The first kappa shape index (κ1) is 9.99. The van der Waals surface area contributed by atoms with E-state index in [1.54, 1.807) is 0 Å². The fourth-order valence-electron chi connectivity index (χ4n) is 2.08. The molecule has 0 amide bonds. The number of aryl methyl sites for hydroxylation is 1. The molecule has 0 fully saturated rings. The van der Waals surface area contributed by atoms with Crippen LogP contribution in [0.25, 0.3) is 10.8 Å². The molecule has 0 aliphatic carbocycles. The largest absolute Gasteiger partial charge is 0.398 e. The summed E-state index contributed by atoms with van der Waals surface area (Å²) in [5.41, 5.74) is 16.2. The topological polar surface area (TPSA) is 52.0 Å². The van der Waals surface area contributed by atoms with Crippen LogP contribution in [0.1, 0.15) is 16.7 Å². The number of anilines is 1. The van der Waals surface area contributed by atoms with Gasteiger partial charge in [-0.25, -0.2) is 0 Å². The van der Waals surface area contributed by atoms with Crippen molar-refractivity contribution in [1.29, 1.82) is 0 Å². The maximum absolute atomic E-state index is 5.99. The Kier molecular flexibility index (Phi) is 2.37. The van der Waals surface area contributed by atoms with Crippen LogP contribution in [0.15, 0.2) is 24.3 Å². The van der Waals surface area contributed by atoms with E-state index in [-0.39, 0.29) is 0 Å². The van der Waals surface area contributed by atoms with Gasteiger partial charge in [0.05, 0.1) is 0 Å². The van der Waals surface area contributed by atoms with Gasteiger partial charge in [-0.3, -0.25) is 0 Å². The van der Waals surface area contributed by atoms with Gasteiger partial charge in [0.1, 0.15) is 0 Å². The number of rotatable bonds is 1. The summed E-state index contributed by atoms with van der Waals surface area (Å²) in [6.07, 6.45) is 0. The second-order valence-corrected chi connectivity index (χ2v) is 3.94. The van der Waals surface area contributed by atoms with Gasteiger partial charge in [0.2, 0.25) is 0 Å². The summed E-state index contributed by atoms with van der Waals surface area (Å²) in [4.78, 5) is 0. The molecule has 0 bridgehead atoms. The summed E-state index contributed by atoms with van der Waals surface area (Å²) in [7, 11) is 0. The predicted molar refractivity (Wildman–Crippen MR) is 65.7 cm³/mol. The van der Waals surface area contributed by atoms with Crippen molar-refractivity contribution in [1.82, 2.24) is 0 Å². The predicted octanol–water partition coefficient (Wildman–Crippen LogP) is 2.50. The molecule has 2 nitrogen and oxygen atoms in total. The van der Waals surface area contributed by atoms with Crippen LogP contribution in [-0.4, -0.2) is 0 Å². The number of benzene rings is 2. The Morgan fingerprint density at radius 1 is 1.13 bits per heavy atom. The fraction of sp³-hybridized carbons (Fsp3) is 0.231. The first-order valence-corrected chi connectivity index (χ1v) is 5.12. The van der Waals surface area contributed by atoms with Crippen LogP contribution in [0.4, 0.5) is 5.69 Å². The van der Waals surface area contributed by atoms with Gasteiger partial charge < -0.3 is 11.5 Å². The van der Waals surface area contributed by atoms with Crippen molar-refractivity contribution in [3.63, 3.8) is 0 Å². The van der Waals surface area contributed by atoms with E-state index >= 15 is 0 Å². The summed E-state index contributed by atoms with van der Waals surface area (Å²) < 4.78 is 0. The van der Waals surface area contributed by atoms with Crippen LogP contribution in [0.3, 0.4) is 0 Å². The quantitative estimate of drug-likeness (QED) is 0.695. The Bertz CT molecular complexity index is 515. The minimum atomic E-state index is 0.581. The lowest BCUT2D eigenvalue weighted by molar-refractivity contribution is 1.05. The van der Waals surface area contributed by atoms with Gasteiger partial charge in [0.15, 0.2) is 0 Å². The molecular formula is C13H16N2. The van der Waals surface area contributed by atoms with Gasteiger partial charge in [-0.15, -0.1) is 0 Å². The zero-order valence-electron chi connectivity index (χ0n) is 9.17. The van der Waals surface area contributed by atoms with E-state index in [9.17, 15) is 0 Å². The van der Waals surface area contributed by atoms with Crippen LogP contribution in [0.2, 0.25) is 0 Å². The molecule has 2 aromatic carbocycles. The summed E-state index contributed by atoms with van der Waals surface area (Å²) >= 11 is 0. The Morgan fingerprint density at radius 3 is 2.53 bits per heavy atom. The first-order valence-electron chi connectivity index (χ1n) is 5.12. The van der Waals surface area contributed by atoms with Gasteiger partial charge in [-0.05, 0) is 48.1 Å². The van der Waals surface area contributed by atoms with Gasteiger partial charge in [0.25, 0.3) is 0 Å². The van der Waals surface area contributed by atoms with Gasteiger partial charge >= 0.3 is 0 Å². The fourth-order valence-corrected chi connectivity index (χ4v) is 2.08. The van der Waals surface area contributed by atoms with E-state index < -0.39 is 0 Å². The van der Waals surface area contributed by atoms with E-state index in [2.05, 4.69) is 26.0 Å². The monoisotopic (exact) mass is 200 g/mol. The third-order valence-electron chi connectivity index (χ3n) is 3.10. The second kappa shape index (κ2) is 3.55. The average molecular weight is 200 g/mol. The Labute approximate surface area is 89.9 Å². The van der Waals surface area contributed by atoms with Crippen molar-refractivity contribution >= 4 is 16.5 Å². The molecule has 0 saturated carbocycles. The molecule has 2 rings (SSSR count). The van der Waals surface area contributed by atoms with Crippen LogP contribution >= 0.6 is 0 Å². The van der Waals surface area contributed by atoms with Crippen molar-refractivity contribution in [3.8, 4) is 0 Å². The number of nitrogen functional groups attached to an aromatic ring is 1. The molecule has 0 saturated heterocycles. The molecule has 4 N–H and O–H groups in total. The normalized spacial score (nSPS) is 10.9. The number of fused-ring (bicyclic) bond motifs is 1.